The van der Waals surface area contributed by atoms with E-state index in [4.69, 9.17) is 86.8 Å². The van der Waals surface area contributed by atoms with Crippen molar-refractivity contribution in [2.75, 3.05) is 13.1 Å². The predicted molar refractivity (Wildman–Crippen MR) is 168 cm³/mol. The fourth-order valence-corrected chi connectivity index (χ4v) is 2.37. The summed E-state index contributed by atoms with van der Waals surface area (Å²) in [5.41, 5.74) is 20.2. The summed E-state index contributed by atoms with van der Waals surface area (Å²) in [6.45, 7) is 17.3. The van der Waals surface area contributed by atoms with Gasteiger partial charge in [-0.25, -0.2) is 0 Å². The van der Waals surface area contributed by atoms with E-state index in [0.29, 0.717) is 13.1 Å². The Balaban J connectivity index is -0.000000118. The van der Waals surface area contributed by atoms with E-state index in [2.05, 4.69) is 77.9 Å². The van der Waals surface area contributed by atoms with E-state index in [-0.39, 0.29) is 5.48 Å². The Labute approximate surface area is 264 Å². The summed E-state index contributed by atoms with van der Waals surface area (Å²) in [6, 6.07) is 15.2. The van der Waals surface area contributed by atoms with Gasteiger partial charge in [0.1, 0.15) is 0 Å². The molecule has 13 heteroatoms. The summed E-state index contributed by atoms with van der Waals surface area (Å²) in [7, 11) is 40.3. The van der Waals surface area contributed by atoms with Crippen LogP contribution in [0.1, 0.15) is 61.1 Å². The van der Waals surface area contributed by atoms with Crippen LogP contribution in [0, 0.1) is 39.8 Å². The number of hydrogen-bond acceptors (Lipinski definition) is 0. The Morgan fingerprint density at radius 1 is 0.541 bits per heavy atom. The van der Waals surface area contributed by atoms with Crippen LogP contribution in [0.25, 0.3) is 11.5 Å². The molecular weight excluding hydrogens is 984 g/mol. The van der Waals surface area contributed by atoms with Gasteiger partial charge in [0.2, 0.25) is 0 Å². The van der Waals surface area contributed by atoms with E-state index >= 15 is 0 Å². The molecule has 0 heterocycles. The Morgan fingerprint density at radius 2 is 0.676 bits per heavy atom. The molecule has 2 aromatic carbocycles. The number of halogens is 8. The third-order valence-electron chi connectivity index (χ3n) is 3.21. The van der Waals surface area contributed by atoms with Crippen LogP contribution in [-0.4, -0.2) is 18.6 Å². The predicted octanol–water partition coefficient (Wildman–Crippen LogP) is 12.1. The van der Waals surface area contributed by atoms with Crippen molar-refractivity contribution in [2.45, 2.75) is 68.2 Å². The molecule has 0 amide bonds. The normalized spacial score (nSPS) is 10.4. The van der Waals surface area contributed by atoms with Crippen LogP contribution in [0.2, 0.25) is 0 Å². The van der Waals surface area contributed by atoms with Crippen LogP contribution in [0.15, 0.2) is 24.3 Å². The SMILES string of the molecule is CC[NH-].CC[NH-].CCc1cc(C)[c-]c(C)c1.CCc1cc(C)[c-]c(C)c1.O.[Cl][W]([Cl])([Cl])[Cl].[Cl][W]([Cl])([Cl])[Cl]. The van der Waals surface area contributed by atoms with E-state index in [1.54, 1.807) is 13.8 Å². The molecular formula is C24H40Cl8N2OW2-4. The standard InChI is InChI=1S/2C10H13.2C2H6N.8ClH.H2O.2W/c2*1-4-10-6-8(2)5-9(3)7-10;2*1-2-3;;;;;;;;;;;/h2*6-7H,4H2,1-3H3;2*3H,2H2,1H3;8*1H;1H2;;/q4*-1;;;;;;;;;;2*+4/p-8. The summed E-state index contributed by atoms with van der Waals surface area (Å²) < 4.78 is 0. The van der Waals surface area contributed by atoms with Crippen molar-refractivity contribution in [3.05, 3.63) is 81.2 Å². The number of hydrogen-bond donors (Lipinski definition) is 0. The summed E-state index contributed by atoms with van der Waals surface area (Å²) >= 11 is -6.56. The minimum absolute atomic E-state index is 0. The summed E-state index contributed by atoms with van der Waals surface area (Å²) in [5, 5.41) is 0. The second kappa shape index (κ2) is 29.5. The van der Waals surface area contributed by atoms with Gasteiger partial charge in [0, 0.05) is 0 Å². The van der Waals surface area contributed by atoms with Gasteiger partial charge < -0.3 is 16.9 Å². The van der Waals surface area contributed by atoms with Gasteiger partial charge in [-0.05, 0) is 0 Å². The average molecular weight is 1020 g/mol. The second-order valence-electron chi connectivity index (χ2n) is 6.82. The molecule has 4 N–H and O–H groups in total. The van der Waals surface area contributed by atoms with E-state index in [1.807, 2.05) is 0 Å². The molecule has 0 fully saturated rings. The molecule has 37 heavy (non-hydrogen) atoms. The fraction of sp³-hybridized carbons (Fsp3) is 0.500. The molecule has 0 aromatic heterocycles. The molecule has 0 saturated heterocycles. The van der Waals surface area contributed by atoms with Crippen LogP contribution in [0.5, 0.6) is 0 Å². The molecule has 2 aromatic rings. The number of aryl methyl sites for hydroxylation is 6. The molecule has 0 bridgehead atoms. The maximum atomic E-state index is 6.21. The average Bonchev–Trinajstić information content (AvgIpc) is 2.65. The van der Waals surface area contributed by atoms with Crippen molar-refractivity contribution in [1.29, 1.82) is 0 Å². The number of rotatable bonds is 2. The van der Waals surface area contributed by atoms with Gasteiger partial charge in [-0.2, -0.15) is 82.9 Å². The summed E-state index contributed by atoms with van der Waals surface area (Å²) in [6.07, 6.45) is 2.24. The van der Waals surface area contributed by atoms with Gasteiger partial charge in [0.05, 0.1) is 0 Å². The maximum absolute atomic E-state index is 6.21. The van der Waals surface area contributed by atoms with Gasteiger partial charge in [-0.15, -0.1) is 0 Å². The first-order valence-electron chi connectivity index (χ1n) is 10.8. The molecule has 0 aliphatic rings. The van der Waals surface area contributed by atoms with Crippen molar-refractivity contribution >= 4 is 75.3 Å². The van der Waals surface area contributed by atoms with E-state index in [1.165, 1.54) is 33.4 Å². The van der Waals surface area contributed by atoms with E-state index < -0.39 is 23.8 Å². The quantitative estimate of drug-likeness (QED) is 0.269. The van der Waals surface area contributed by atoms with Gasteiger partial charge in [0.15, 0.2) is 0 Å². The minimum atomic E-state index is -3.28. The molecule has 2 rings (SSSR count). The van der Waals surface area contributed by atoms with Crippen molar-refractivity contribution in [3.63, 3.8) is 0 Å². The third kappa shape index (κ3) is 54.7. The first-order valence-corrected chi connectivity index (χ1v) is 39.9. The molecule has 0 unspecified atom stereocenters. The second-order valence-corrected chi connectivity index (χ2v) is 57.7. The van der Waals surface area contributed by atoms with E-state index in [0.717, 1.165) is 12.8 Å². The first-order chi connectivity index (χ1) is 16.3. The van der Waals surface area contributed by atoms with Crippen molar-refractivity contribution in [3.8, 4) is 0 Å². The molecule has 224 valence electrons. The van der Waals surface area contributed by atoms with Crippen molar-refractivity contribution < 1.29 is 29.3 Å². The zero-order valence-corrected chi connectivity index (χ0v) is 34.4. The molecule has 0 aliphatic carbocycles. The summed E-state index contributed by atoms with van der Waals surface area (Å²) in [4.78, 5) is 0. The summed E-state index contributed by atoms with van der Waals surface area (Å²) in [5.74, 6) is 0. The Hall–Kier alpha value is 2.02. The topological polar surface area (TPSA) is 79.1 Å². The molecule has 0 radical (unpaired) electrons. The zero-order chi connectivity index (χ0) is 29.5. The Bertz CT molecular complexity index is 672. The molecule has 0 spiro atoms. The van der Waals surface area contributed by atoms with Gasteiger partial charge in [-0.3, -0.25) is 0 Å². The molecule has 0 saturated carbocycles. The van der Waals surface area contributed by atoms with E-state index in [9.17, 15) is 0 Å². The van der Waals surface area contributed by atoms with Crippen LogP contribution in [-0.2, 0) is 36.6 Å². The first kappa shape index (κ1) is 48.7. The van der Waals surface area contributed by atoms with Crippen LogP contribution < -0.4 is 0 Å². The van der Waals surface area contributed by atoms with Gasteiger partial charge >= 0.3 is 99.1 Å². The van der Waals surface area contributed by atoms with Crippen molar-refractivity contribution in [2.24, 2.45) is 0 Å². The van der Waals surface area contributed by atoms with Crippen LogP contribution >= 0.6 is 75.3 Å². The van der Waals surface area contributed by atoms with Crippen LogP contribution in [0.3, 0.4) is 0 Å². The number of nitrogens with one attached hydrogen (secondary N) is 2. The zero-order valence-electron chi connectivity index (χ0n) is 22.5. The Kier molecular flexibility index (Phi) is 38.9. The molecule has 0 atom stereocenters. The molecule has 3 nitrogen and oxygen atoms in total. The van der Waals surface area contributed by atoms with Gasteiger partial charge in [0.25, 0.3) is 0 Å². The van der Waals surface area contributed by atoms with Gasteiger partial charge in [-0.1, -0.05) is 68.2 Å². The van der Waals surface area contributed by atoms with Crippen molar-refractivity contribution in [1.82, 2.24) is 0 Å². The fourth-order valence-electron chi connectivity index (χ4n) is 2.37. The van der Waals surface area contributed by atoms with Crippen LogP contribution in [0.4, 0.5) is 0 Å². The molecule has 0 aliphatic heterocycles. The monoisotopic (exact) mass is 1020 g/mol. The Morgan fingerprint density at radius 3 is 0.784 bits per heavy atom. The number of benzene rings is 2. The third-order valence-corrected chi connectivity index (χ3v) is 3.21.